The molecule has 7 nitrogen and oxygen atoms in total. The van der Waals surface area contributed by atoms with Gasteiger partial charge in [-0.25, -0.2) is 9.59 Å². The Morgan fingerprint density at radius 3 is 2.04 bits per heavy atom. The van der Waals surface area contributed by atoms with E-state index >= 15 is 0 Å². The van der Waals surface area contributed by atoms with Gasteiger partial charge in [-0.3, -0.25) is 0 Å². The van der Waals surface area contributed by atoms with Gasteiger partial charge in [0.05, 0.1) is 14.2 Å². The van der Waals surface area contributed by atoms with Crippen LogP contribution in [0.15, 0.2) is 46.9 Å². The Morgan fingerprint density at radius 2 is 1.46 bits per heavy atom. The lowest BCUT2D eigenvalue weighted by Gasteiger charge is -2.12. The van der Waals surface area contributed by atoms with Crippen molar-refractivity contribution in [2.45, 2.75) is 13.1 Å². The Kier molecular flexibility index (Phi) is 9.18. The lowest BCUT2D eigenvalue weighted by Crippen LogP contribution is -2.14. The number of methoxy groups -OCH3 is 2. The summed E-state index contributed by atoms with van der Waals surface area (Å²) in [7, 11) is 3.38. The first-order chi connectivity index (χ1) is 12.4. The highest BCUT2D eigenvalue weighted by Crippen LogP contribution is 2.23. The van der Waals surface area contributed by atoms with Gasteiger partial charge in [0.15, 0.2) is 0 Å². The van der Waals surface area contributed by atoms with Crippen LogP contribution in [-0.4, -0.2) is 36.4 Å². The molecule has 0 spiro atoms. The summed E-state index contributed by atoms with van der Waals surface area (Å²) in [6.07, 6.45) is 0. The second-order valence-electron chi connectivity index (χ2n) is 4.98. The number of hydrogen-bond acceptors (Lipinski definition) is 5. The van der Waals surface area contributed by atoms with Crippen LogP contribution in [0.2, 0.25) is 0 Å². The number of para-hydroxylation sites is 1. The molecule has 0 aliphatic heterocycles. The van der Waals surface area contributed by atoms with Crippen LogP contribution in [0.25, 0.3) is 0 Å². The summed E-state index contributed by atoms with van der Waals surface area (Å²) in [6, 6.07) is 14.0. The fourth-order valence-electron chi connectivity index (χ4n) is 2.07. The minimum absolute atomic E-state index is 0.737. The molecular weight excluding hydrogens is 406 g/mol. The SMILES string of the molecule is COc1ccccc1CNCc1cc(Br)ccc1OC.O=C(O)C(=O)O. The third-order valence-electron chi connectivity index (χ3n) is 3.25. The number of benzene rings is 2. The summed E-state index contributed by atoms with van der Waals surface area (Å²) in [5, 5.41) is 18.2. The topological polar surface area (TPSA) is 105 Å². The largest absolute Gasteiger partial charge is 0.496 e. The van der Waals surface area contributed by atoms with Crippen molar-refractivity contribution in [2.24, 2.45) is 0 Å². The number of hydrogen-bond donors (Lipinski definition) is 3. The molecule has 0 bridgehead atoms. The van der Waals surface area contributed by atoms with Crippen LogP contribution in [0.4, 0.5) is 0 Å². The van der Waals surface area contributed by atoms with Crippen molar-refractivity contribution >= 4 is 27.9 Å². The lowest BCUT2D eigenvalue weighted by molar-refractivity contribution is -0.159. The second-order valence-corrected chi connectivity index (χ2v) is 5.90. The van der Waals surface area contributed by atoms with E-state index in [0.29, 0.717) is 0 Å². The van der Waals surface area contributed by atoms with Gasteiger partial charge in [0.1, 0.15) is 11.5 Å². The smallest absolute Gasteiger partial charge is 0.414 e. The molecule has 2 aromatic carbocycles. The second kappa shape index (κ2) is 11.1. The summed E-state index contributed by atoms with van der Waals surface area (Å²) >= 11 is 3.48. The average Bonchev–Trinajstić information content (AvgIpc) is 2.62. The lowest BCUT2D eigenvalue weighted by atomic mass is 10.1. The Morgan fingerprint density at radius 1 is 0.923 bits per heavy atom. The van der Waals surface area contributed by atoms with Crippen molar-refractivity contribution < 1.29 is 29.3 Å². The summed E-state index contributed by atoms with van der Waals surface area (Å²) in [5.74, 6) is -1.85. The van der Waals surface area contributed by atoms with Gasteiger partial charge >= 0.3 is 11.9 Å². The van der Waals surface area contributed by atoms with E-state index in [9.17, 15) is 0 Å². The zero-order valence-electron chi connectivity index (χ0n) is 14.4. The van der Waals surface area contributed by atoms with E-state index in [1.54, 1.807) is 14.2 Å². The van der Waals surface area contributed by atoms with Crippen LogP contribution < -0.4 is 14.8 Å². The van der Waals surface area contributed by atoms with Crippen molar-refractivity contribution in [1.82, 2.24) is 5.32 Å². The Bertz CT molecular complexity index is 738. The van der Waals surface area contributed by atoms with Gasteiger partial charge in [-0.05, 0) is 24.3 Å². The van der Waals surface area contributed by atoms with Crippen LogP contribution in [0.1, 0.15) is 11.1 Å². The van der Waals surface area contributed by atoms with Crippen LogP contribution in [-0.2, 0) is 22.7 Å². The van der Waals surface area contributed by atoms with Crippen molar-refractivity contribution in [3.63, 3.8) is 0 Å². The number of carboxylic acid groups (broad SMARTS) is 2. The number of carbonyl (C=O) groups is 2. The molecule has 0 aromatic heterocycles. The molecular formula is C18H20BrNO6. The molecule has 26 heavy (non-hydrogen) atoms. The van der Waals surface area contributed by atoms with Crippen LogP contribution in [0.5, 0.6) is 11.5 Å². The highest BCUT2D eigenvalue weighted by atomic mass is 79.9. The number of aliphatic carboxylic acids is 2. The molecule has 0 amide bonds. The summed E-state index contributed by atoms with van der Waals surface area (Å²) in [4.78, 5) is 18.2. The first-order valence-corrected chi connectivity index (χ1v) is 8.29. The molecule has 2 aromatic rings. The van der Waals surface area contributed by atoms with Crippen molar-refractivity contribution in [3.05, 3.63) is 58.1 Å². The first-order valence-electron chi connectivity index (χ1n) is 7.50. The highest BCUT2D eigenvalue weighted by Gasteiger charge is 2.05. The third kappa shape index (κ3) is 7.12. The van der Waals surface area contributed by atoms with Crippen molar-refractivity contribution in [1.29, 1.82) is 0 Å². The number of rotatable bonds is 6. The van der Waals surface area contributed by atoms with Crippen LogP contribution in [0, 0.1) is 0 Å². The van der Waals surface area contributed by atoms with Crippen LogP contribution >= 0.6 is 15.9 Å². The third-order valence-corrected chi connectivity index (χ3v) is 3.74. The predicted molar refractivity (Wildman–Crippen MR) is 99.5 cm³/mol. The van der Waals surface area contributed by atoms with Gasteiger partial charge in [-0.15, -0.1) is 0 Å². The zero-order chi connectivity index (χ0) is 19.5. The molecule has 140 valence electrons. The fourth-order valence-corrected chi connectivity index (χ4v) is 2.47. The number of halogens is 1. The number of nitrogens with one attached hydrogen (secondary N) is 1. The molecule has 0 fully saturated rings. The van der Waals surface area contributed by atoms with Gasteiger partial charge < -0.3 is 25.0 Å². The summed E-state index contributed by atoms with van der Waals surface area (Å²) < 4.78 is 11.8. The zero-order valence-corrected chi connectivity index (χ0v) is 15.9. The quantitative estimate of drug-likeness (QED) is 0.610. The normalized spacial score (nSPS) is 9.65. The highest BCUT2D eigenvalue weighted by molar-refractivity contribution is 9.10. The van der Waals surface area contributed by atoms with Gasteiger partial charge in [-0.1, -0.05) is 34.1 Å². The predicted octanol–water partition coefficient (Wildman–Crippen LogP) is 2.91. The molecule has 0 atom stereocenters. The minimum atomic E-state index is -1.82. The van der Waals surface area contributed by atoms with Crippen molar-refractivity contribution in [3.8, 4) is 11.5 Å². The molecule has 0 aliphatic rings. The standard InChI is InChI=1S/C16H18BrNO2.C2H2O4/c1-19-15-6-4-3-5-12(15)10-18-11-13-9-14(17)7-8-16(13)20-2;3-1(4)2(5)6/h3-9,18H,10-11H2,1-2H3;(H,3,4)(H,5,6). The van der Waals surface area contributed by atoms with Gasteiger partial charge in [0.2, 0.25) is 0 Å². The van der Waals surface area contributed by atoms with E-state index in [2.05, 4.69) is 33.4 Å². The van der Waals surface area contributed by atoms with Gasteiger partial charge in [0, 0.05) is 28.7 Å². The van der Waals surface area contributed by atoms with E-state index in [4.69, 9.17) is 29.3 Å². The maximum Gasteiger partial charge on any atom is 0.414 e. The van der Waals surface area contributed by atoms with E-state index in [-0.39, 0.29) is 0 Å². The summed E-state index contributed by atoms with van der Waals surface area (Å²) in [5.41, 5.74) is 2.26. The van der Waals surface area contributed by atoms with Gasteiger partial charge in [0.25, 0.3) is 0 Å². The maximum atomic E-state index is 9.10. The van der Waals surface area contributed by atoms with E-state index < -0.39 is 11.9 Å². The minimum Gasteiger partial charge on any atom is -0.496 e. The molecule has 2 rings (SSSR count). The molecule has 0 saturated heterocycles. The number of carboxylic acids is 2. The fraction of sp³-hybridized carbons (Fsp3) is 0.222. The Hall–Kier alpha value is -2.58. The molecule has 8 heteroatoms. The summed E-state index contributed by atoms with van der Waals surface area (Å²) in [6.45, 7) is 1.49. The van der Waals surface area contributed by atoms with Crippen molar-refractivity contribution in [2.75, 3.05) is 14.2 Å². The van der Waals surface area contributed by atoms with E-state index in [0.717, 1.165) is 40.2 Å². The van der Waals surface area contributed by atoms with Crippen LogP contribution in [0.3, 0.4) is 0 Å². The average molecular weight is 426 g/mol. The maximum absolute atomic E-state index is 9.10. The molecule has 0 aliphatic carbocycles. The molecule has 0 unspecified atom stereocenters. The Labute approximate surface area is 159 Å². The molecule has 0 heterocycles. The first kappa shape index (κ1) is 21.5. The molecule has 0 radical (unpaired) electrons. The van der Waals surface area contributed by atoms with Gasteiger partial charge in [-0.2, -0.15) is 0 Å². The monoisotopic (exact) mass is 425 g/mol. The van der Waals surface area contributed by atoms with E-state index in [1.807, 2.05) is 30.3 Å². The molecule has 3 N–H and O–H groups in total. The molecule has 0 saturated carbocycles. The number of ether oxygens (including phenoxy) is 2. The van der Waals surface area contributed by atoms with E-state index in [1.165, 1.54) is 0 Å². The Balaban J connectivity index is 0.000000487.